The molecular formula is C20H23FN4O. The first-order valence-corrected chi connectivity index (χ1v) is 9.23. The first-order chi connectivity index (χ1) is 12.6. The Kier molecular flexibility index (Phi) is 4.57. The summed E-state index contributed by atoms with van der Waals surface area (Å²) in [5.41, 5.74) is 0.992. The number of carbonyl (C=O) groups is 1. The van der Waals surface area contributed by atoms with Crippen LogP contribution in [0.3, 0.4) is 0 Å². The smallest absolute Gasteiger partial charge is 0.253 e. The Balaban J connectivity index is 1.43. The molecule has 2 heterocycles. The van der Waals surface area contributed by atoms with Crippen LogP contribution in [0.15, 0.2) is 36.8 Å². The lowest BCUT2D eigenvalue weighted by Crippen LogP contribution is -2.48. The lowest BCUT2D eigenvalue weighted by Gasteiger charge is -2.39. The van der Waals surface area contributed by atoms with E-state index < -0.39 is 0 Å². The van der Waals surface area contributed by atoms with Gasteiger partial charge in [0.15, 0.2) is 0 Å². The minimum Gasteiger partial charge on any atom is -0.350 e. The normalized spacial score (nSPS) is 18.0. The highest BCUT2D eigenvalue weighted by atomic mass is 19.1. The molecular weight excluding hydrogens is 331 g/mol. The molecule has 0 spiro atoms. The summed E-state index contributed by atoms with van der Waals surface area (Å²) in [7, 11) is 0. The summed E-state index contributed by atoms with van der Waals surface area (Å²) in [6.07, 6.45) is 7.58. The van der Waals surface area contributed by atoms with Crippen molar-refractivity contribution >= 4 is 11.7 Å². The zero-order chi connectivity index (χ0) is 18.1. The zero-order valence-electron chi connectivity index (χ0n) is 14.9. The van der Waals surface area contributed by atoms with Gasteiger partial charge in [-0.2, -0.15) is 0 Å². The molecule has 1 aliphatic carbocycles. The third kappa shape index (κ3) is 3.41. The number of aromatic nitrogens is 2. The van der Waals surface area contributed by atoms with E-state index >= 15 is 0 Å². The van der Waals surface area contributed by atoms with Gasteiger partial charge in [0, 0.05) is 36.9 Å². The lowest BCUT2D eigenvalue weighted by atomic mass is 10.0. The third-order valence-electron chi connectivity index (χ3n) is 5.34. The summed E-state index contributed by atoms with van der Waals surface area (Å²) in [6.45, 7) is 3.08. The molecule has 0 radical (unpaired) electrons. The SMILES string of the molecule is Cc1ccc(C(=O)N2CCC(N(c3ccncn3)C3CC3)CC2)cc1F. The second-order valence-electron chi connectivity index (χ2n) is 7.19. The molecule has 2 aliphatic rings. The molecule has 2 fully saturated rings. The molecule has 1 aliphatic heterocycles. The summed E-state index contributed by atoms with van der Waals surface area (Å²) in [5, 5.41) is 0. The molecule has 0 unspecified atom stereocenters. The number of nitrogens with zero attached hydrogens (tertiary/aromatic N) is 4. The molecule has 0 bridgehead atoms. The molecule has 1 saturated heterocycles. The number of halogens is 1. The Morgan fingerprint density at radius 3 is 2.50 bits per heavy atom. The van der Waals surface area contributed by atoms with Gasteiger partial charge in [-0.15, -0.1) is 0 Å². The average Bonchev–Trinajstić information content (AvgIpc) is 3.50. The molecule has 4 rings (SSSR count). The maximum absolute atomic E-state index is 13.8. The lowest BCUT2D eigenvalue weighted by molar-refractivity contribution is 0.0711. The van der Waals surface area contributed by atoms with Crippen LogP contribution in [0.2, 0.25) is 0 Å². The summed E-state index contributed by atoms with van der Waals surface area (Å²) in [4.78, 5) is 25.4. The van der Waals surface area contributed by atoms with Crippen molar-refractivity contribution in [2.45, 2.75) is 44.7 Å². The molecule has 0 atom stereocenters. The van der Waals surface area contributed by atoms with Crippen molar-refractivity contribution in [2.75, 3.05) is 18.0 Å². The molecule has 0 N–H and O–H groups in total. The van der Waals surface area contributed by atoms with Gasteiger partial charge in [0.25, 0.3) is 5.91 Å². The highest BCUT2D eigenvalue weighted by molar-refractivity contribution is 5.94. The number of carbonyl (C=O) groups excluding carboxylic acids is 1. The quantitative estimate of drug-likeness (QED) is 0.846. The van der Waals surface area contributed by atoms with Gasteiger partial charge in [-0.1, -0.05) is 6.07 Å². The fourth-order valence-electron chi connectivity index (χ4n) is 3.72. The van der Waals surface area contributed by atoms with E-state index in [9.17, 15) is 9.18 Å². The van der Waals surface area contributed by atoms with Crippen LogP contribution in [-0.4, -0.2) is 45.9 Å². The summed E-state index contributed by atoms with van der Waals surface area (Å²) in [5.74, 6) is 0.574. The number of aryl methyl sites for hydroxylation is 1. The molecule has 1 amide bonds. The Bertz CT molecular complexity index is 786. The molecule has 26 heavy (non-hydrogen) atoms. The maximum Gasteiger partial charge on any atom is 0.253 e. The largest absolute Gasteiger partial charge is 0.350 e. The number of benzene rings is 1. The topological polar surface area (TPSA) is 49.3 Å². The minimum absolute atomic E-state index is 0.0811. The van der Waals surface area contributed by atoms with Crippen molar-refractivity contribution in [3.63, 3.8) is 0 Å². The van der Waals surface area contributed by atoms with Crippen molar-refractivity contribution in [2.24, 2.45) is 0 Å². The van der Waals surface area contributed by atoms with Gasteiger partial charge in [-0.25, -0.2) is 14.4 Å². The number of likely N-dealkylation sites (tertiary alicyclic amines) is 1. The minimum atomic E-state index is -0.325. The molecule has 1 aromatic carbocycles. The second-order valence-corrected chi connectivity index (χ2v) is 7.19. The number of hydrogen-bond acceptors (Lipinski definition) is 4. The summed E-state index contributed by atoms with van der Waals surface area (Å²) in [6, 6.07) is 7.63. The molecule has 1 saturated carbocycles. The van der Waals surface area contributed by atoms with Crippen molar-refractivity contribution in [1.82, 2.24) is 14.9 Å². The fraction of sp³-hybridized carbons (Fsp3) is 0.450. The van der Waals surface area contributed by atoms with Gasteiger partial charge in [0.05, 0.1) is 0 Å². The van der Waals surface area contributed by atoms with Crippen molar-refractivity contribution in [3.8, 4) is 0 Å². The van der Waals surface area contributed by atoms with Gasteiger partial charge in [0.1, 0.15) is 18.0 Å². The van der Waals surface area contributed by atoms with Gasteiger partial charge in [0.2, 0.25) is 0 Å². The predicted molar refractivity (Wildman–Crippen MR) is 97.6 cm³/mol. The number of hydrogen-bond donors (Lipinski definition) is 0. The van der Waals surface area contributed by atoms with Gasteiger partial charge in [-0.3, -0.25) is 4.79 Å². The molecule has 2 aromatic rings. The number of rotatable bonds is 4. The fourth-order valence-corrected chi connectivity index (χ4v) is 3.72. The van der Waals surface area contributed by atoms with E-state index in [1.165, 1.54) is 18.9 Å². The second kappa shape index (κ2) is 7.02. The summed E-state index contributed by atoms with van der Waals surface area (Å²) >= 11 is 0. The van der Waals surface area contributed by atoms with Gasteiger partial charge >= 0.3 is 0 Å². The molecule has 136 valence electrons. The Morgan fingerprint density at radius 1 is 1.15 bits per heavy atom. The van der Waals surface area contributed by atoms with E-state index in [0.717, 1.165) is 18.7 Å². The van der Waals surface area contributed by atoms with Crippen molar-refractivity contribution in [3.05, 3.63) is 53.7 Å². The first-order valence-electron chi connectivity index (χ1n) is 9.23. The summed E-state index contributed by atoms with van der Waals surface area (Å²) < 4.78 is 13.8. The van der Waals surface area contributed by atoms with E-state index in [1.807, 2.05) is 11.0 Å². The predicted octanol–water partition coefficient (Wildman–Crippen LogP) is 3.20. The van der Waals surface area contributed by atoms with E-state index in [0.29, 0.717) is 36.3 Å². The van der Waals surface area contributed by atoms with Crippen LogP contribution in [0.5, 0.6) is 0 Å². The van der Waals surface area contributed by atoms with Crippen LogP contribution in [-0.2, 0) is 0 Å². The van der Waals surface area contributed by atoms with Crippen LogP contribution in [0.4, 0.5) is 10.2 Å². The van der Waals surface area contributed by atoms with Gasteiger partial charge in [-0.05, 0) is 56.4 Å². The van der Waals surface area contributed by atoms with E-state index in [2.05, 4.69) is 14.9 Å². The van der Waals surface area contributed by atoms with Crippen LogP contribution in [0.1, 0.15) is 41.6 Å². The third-order valence-corrected chi connectivity index (χ3v) is 5.34. The Morgan fingerprint density at radius 2 is 1.88 bits per heavy atom. The van der Waals surface area contributed by atoms with Crippen LogP contribution < -0.4 is 4.90 Å². The standard InChI is InChI=1S/C20H23FN4O/c1-14-2-3-15(12-18(14)21)20(26)24-10-7-17(8-11-24)25(16-4-5-16)19-6-9-22-13-23-19/h2-3,6,9,12-13,16-17H,4-5,7-8,10-11H2,1H3. The first kappa shape index (κ1) is 16.9. The Hall–Kier alpha value is -2.50. The van der Waals surface area contributed by atoms with Crippen LogP contribution >= 0.6 is 0 Å². The zero-order valence-corrected chi connectivity index (χ0v) is 14.9. The van der Waals surface area contributed by atoms with E-state index in [-0.39, 0.29) is 11.7 Å². The Labute approximate surface area is 152 Å². The van der Waals surface area contributed by atoms with Crippen LogP contribution in [0.25, 0.3) is 0 Å². The van der Waals surface area contributed by atoms with E-state index in [1.54, 1.807) is 31.6 Å². The van der Waals surface area contributed by atoms with Crippen molar-refractivity contribution in [1.29, 1.82) is 0 Å². The van der Waals surface area contributed by atoms with Gasteiger partial charge < -0.3 is 9.80 Å². The number of amides is 1. The highest BCUT2D eigenvalue weighted by Crippen LogP contribution is 2.35. The maximum atomic E-state index is 13.8. The van der Waals surface area contributed by atoms with E-state index in [4.69, 9.17) is 0 Å². The van der Waals surface area contributed by atoms with Crippen LogP contribution in [0, 0.1) is 12.7 Å². The highest BCUT2D eigenvalue weighted by Gasteiger charge is 2.37. The molecule has 1 aromatic heterocycles. The molecule has 6 heteroatoms. The molecule has 5 nitrogen and oxygen atoms in total. The number of anilines is 1. The number of piperidine rings is 1. The van der Waals surface area contributed by atoms with Crippen molar-refractivity contribution < 1.29 is 9.18 Å². The average molecular weight is 354 g/mol. The monoisotopic (exact) mass is 354 g/mol.